The smallest absolute Gasteiger partial charge is 0.0871 e. The highest BCUT2D eigenvalue weighted by molar-refractivity contribution is 4.85. The summed E-state index contributed by atoms with van der Waals surface area (Å²) < 4.78 is 0. The van der Waals surface area contributed by atoms with Gasteiger partial charge in [0, 0.05) is 0 Å². The van der Waals surface area contributed by atoms with Crippen molar-refractivity contribution in [1.82, 2.24) is 0 Å². The Balaban J connectivity index is 3.35. The molecule has 0 fully saturated rings. The number of allylic oxidation sites excluding steroid dienone is 1. The molecular formula is C7H13NO. The molecule has 1 unspecified atom stereocenters. The standard InChI is InChI=1S/C7H13NO/c1-3-4-5-7(2)6-8-9/h4-5,7H,3,6H2,1-2H3/b5-4-. The largest absolute Gasteiger partial charge is 0.151 e. The van der Waals surface area contributed by atoms with Gasteiger partial charge in [0.1, 0.15) is 0 Å². The Morgan fingerprint density at radius 3 is 2.78 bits per heavy atom. The van der Waals surface area contributed by atoms with Crippen LogP contribution in [0.3, 0.4) is 0 Å². The SMILES string of the molecule is CC/C=C\C(C)CN=O. The summed E-state index contributed by atoms with van der Waals surface area (Å²) in [4.78, 5) is 9.69. The van der Waals surface area contributed by atoms with E-state index in [2.05, 4.69) is 18.2 Å². The van der Waals surface area contributed by atoms with E-state index in [0.717, 1.165) is 6.42 Å². The average Bonchev–Trinajstić information content (AvgIpc) is 1.85. The fourth-order valence-electron chi connectivity index (χ4n) is 0.547. The highest BCUT2D eigenvalue weighted by atomic mass is 16.3. The van der Waals surface area contributed by atoms with Gasteiger partial charge in [-0.1, -0.05) is 31.2 Å². The van der Waals surface area contributed by atoms with Crippen LogP contribution in [-0.4, -0.2) is 6.54 Å². The number of nitrogens with zero attached hydrogens (tertiary/aromatic N) is 1. The van der Waals surface area contributed by atoms with E-state index >= 15 is 0 Å². The molecule has 0 radical (unpaired) electrons. The van der Waals surface area contributed by atoms with Gasteiger partial charge in [-0.3, -0.25) is 0 Å². The third kappa shape index (κ3) is 5.21. The van der Waals surface area contributed by atoms with Crippen molar-refractivity contribution in [2.24, 2.45) is 11.1 Å². The van der Waals surface area contributed by atoms with E-state index in [0.29, 0.717) is 12.5 Å². The Bertz CT molecular complexity index is 99.1. The molecule has 52 valence electrons. The van der Waals surface area contributed by atoms with Crippen LogP contribution in [0.25, 0.3) is 0 Å². The zero-order valence-electron chi connectivity index (χ0n) is 6.00. The molecule has 0 heterocycles. The lowest BCUT2D eigenvalue weighted by Crippen LogP contribution is -1.92. The van der Waals surface area contributed by atoms with Gasteiger partial charge >= 0.3 is 0 Å². The van der Waals surface area contributed by atoms with Crippen molar-refractivity contribution in [3.8, 4) is 0 Å². The molecule has 0 N–H and O–H groups in total. The van der Waals surface area contributed by atoms with Crippen molar-refractivity contribution in [2.75, 3.05) is 6.54 Å². The van der Waals surface area contributed by atoms with Crippen molar-refractivity contribution in [3.63, 3.8) is 0 Å². The fourth-order valence-corrected chi connectivity index (χ4v) is 0.547. The summed E-state index contributed by atoms with van der Waals surface area (Å²) in [6, 6.07) is 0. The summed E-state index contributed by atoms with van der Waals surface area (Å²) in [5, 5.41) is 2.79. The molecule has 0 amide bonds. The second-order valence-corrected chi connectivity index (χ2v) is 2.13. The van der Waals surface area contributed by atoms with Gasteiger partial charge < -0.3 is 0 Å². The molecule has 0 aromatic heterocycles. The molecule has 0 spiro atoms. The molecule has 2 nitrogen and oxygen atoms in total. The minimum Gasteiger partial charge on any atom is -0.151 e. The maximum absolute atomic E-state index is 9.69. The molecule has 0 saturated heterocycles. The Hall–Kier alpha value is -0.660. The minimum absolute atomic E-state index is 0.308. The lowest BCUT2D eigenvalue weighted by atomic mass is 10.1. The molecule has 0 aromatic carbocycles. The van der Waals surface area contributed by atoms with Gasteiger partial charge in [-0.15, -0.1) is 0 Å². The van der Waals surface area contributed by atoms with Crippen LogP contribution in [0.1, 0.15) is 20.3 Å². The number of hydrogen-bond acceptors (Lipinski definition) is 2. The molecule has 0 aliphatic rings. The first-order chi connectivity index (χ1) is 4.31. The van der Waals surface area contributed by atoms with Gasteiger partial charge in [0.15, 0.2) is 0 Å². The van der Waals surface area contributed by atoms with E-state index in [1.807, 2.05) is 13.0 Å². The summed E-state index contributed by atoms with van der Waals surface area (Å²) >= 11 is 0. The van der Waals surface area contributed by atoms with E-state index in [-0.39, 0.29) is 0 Å². The Morgan fingerprint density at radius 1 is 1.67 bits per heavy atom. The number of rotatable bonds is 4. The Morgan fingerprint density at radius 2 is 2.33 bits per heavy atom. The van der Waals surface area contributed by atoms with Crippen molar-refractivity contribution < 1.29 is 0 Å². The second-order valence-electron chi connectivity index (χ2n) is 2.13. The van der Waals surface area contributed by atoms with E-state index < -0.39 is 0 Å². The topological polar surface area (TPSA) is 29.4 Å². The first-order valence-electron chi connectivity index (χ1n) is 3.27. The fraction of sp³-hybridized carbons (Fsp3) is 0.714. The van der Waals surface area contributed by atoms with Crippen molar-refractivity contribution >= 4 is 0 Å². The Labute approximate surface area is 55.9 Å². The van der Waals surface area contributed by atoms with Gasteiger partial charge in [0.05, 0.1) is 6.54 Å². The molecular weight excluding hydrogens is 114 g/mol. The monoisotopic (exact) mass is 127 g/mol. The summed E-state index contributed by atoms with van der Waals surface area (Å²) in [5.74, 6) is 0.308. The third-order valence-electron chi connectivity index (χ3n) is 1.06. The molecule has 0 bridgehead atoms. The summed E-state index contributed by atoms with van der Waals surface area (Å²) in [7, 11) is 0. The molecule has 0 aromatic rings. The lowest BCUT2D eigenvalue weighted by molar-refractivity contribution is 0.734. The van der Waals surface area contributed by atoms with Crippen LogP contribution in [0.15, 0.2) is 17.3 Å². The molecule has 0 rings (SSSR count). The molecule has 2 heteroatoms. The van der Waals surface area contributed by atoms with Crippen LogP contribution in [0, 0.1) is 10.8 Å². The maximum atomic E-state index is 9.69. The van der Waals surface area contributed by atoms with Crippen LogP contribution in [-0.2, 0) is 0 Å². The van der Waals surface area contributed by atoms with E-state index in [4.69, 9.17) is 0 Å². The highest BCUT2D eigenvalue weighted by Gasteiger charge is 1.92. The van der Waals surface area contributed by atoms with Gasteiger partial charge in [-0.2, -0.15) is 4.91 Å². The molecule has 1 atom stereocenters. The van der Waals surface area contributed by atoms with Gasteiger partial charge in [-0.25, -0.2) is 0 Å². The zero-order chi connectivity index (χ0) is 7.11. The predicted molar refractivity (Wildman–Crippen MR) is 39.3 cm³/mol. The Kier molecular flexibility index (Phi) is 5.07. The average molecular weight is 127 g/mol. The van der Waals surface area contributed by atoms with Crippen LogP contribution >= 0.6 is 0 Å². The quantitative estimate of drug-likeness (QED) is 0.421. The minimum atomic E-state index is 0.308. The summed E-state index contributed by atoms with van der Waals surface area (Å²) in [5.41, 5.74) is 0. The summed E-state index contributed by atoms with van der Waals surface area (Å²) in [6.07, 6.45) is 5.10. The van der Waals surface area contributed by atoms with E-state index in [1.165, 1.54) is 0 Å². The molecule has 9 heavy (non-hydrogen) atoms. The van der Waals surface area contributed by atoms with Crippen LogP contribution in [0.5, 0.6) is 0 Å². The van der Waals surface area contributed by atoms with Crippen LogP contribution < -0.4 is 0 Å². The second kappa shape index (κ2) is 5.48. The van der Waals surface area contributed by atoms with Crippen LogP contribution in [0.2, 0.25) is 0 Å². The molecule has 0 aliphatic heterocycles. The normalized spacial score (nSPS) is 14.0. The molecule has 0 saturated carbocycles. The van der Waals surface area contributed by atoms with Crippen LogP contribution in [0.4, 0.5) is 0 Å². The maximum Gasteiger partial charge on any atom is 0.0871 e. The first-order valence-corrected chi connectivity index (χ1v) is 3.27. The highest BCUT2D eigenvalue weighted by Crippen LogP contribution is 1.97. The lowest BCUT2D eigenvalue weighted by Gasteiger charge is -1.95. The number of nitroso groups, excluding NO2 is 1. The zero-order valence-corrected chi connectivity index (χ0v) is 6.00. The van der Waals surface area contributed by atoms with Gasteiger partial charge in [0.25, 0.3) is 0 Å². The summed E-state index contributed by atoms with van der Waals surface area (Å²) in [6.45, 7) is 4.45. The van der Waals surface area contributed by atoms with Crippen molar-refractivity contribution in [3.05, 3.63) is 17.1 Å². The van der Waals surface area contributed by atoms with Crippen molar-refractivity contribution in [1.29, 1.82) is 0 Å². The van der Waals surface area contributed by atoms with Gasteiger partial charge in [0.2, 0.25) is 0 Å². The first kappa shape index (κ1) is 8.34. The van der Waals surface area contributed by atoms with E-state index in [1.54, 1.807) is 0 Å². The van der Waals surface area contributed by atoms with Crippen molar-refractivity contribution in [2.45, 2.75) is 20.3 Å². The molecule has 0 aliphatic carbocycles. The van der Waals surface area contributed by atoms with E-state index in [9.17, 15) is 4.91 Å². The van der Waals surface area contributed by atoms with Gasteiger partial charge in [-0.05, 0) is 12.3 Å². The third-order valence-corrected chi connectivity index (χ3v) is 1.06. The number of hydrogen-bond donors (Lipinski definition) is 0. The predicted octanol–water partition coefficient (Wildman–Crippen LogP) is 2.36.